The Bertz CT molecular complexity index is 514. The second-order valence-electron chi connectivity index (χ2n) is 4.35. The van der Waals surface area contributed by atoms with E-state index in [1.54, 1.807) is 14.0 Å². The van der Waals surface area contributed by atoms with Gasteiger partial charge in [0.2, 0.25) is 0 Å². The van der Waals surface area contributed by atoms with Gasteiger partial charge in [-0.25, -0.2) is 0 Å². The van der Waals surface area contributed by atoms with E-state index in [0.717, 1.165) is 0 Å². The average Bonchev–Trinajstić information content (AvgIpc) is 2.69. The number of hydrogen-bond acceptors (Lipinski definition) is 1. The van der Waals surface area contributed by atoms with Gasteiger partial charge in [0.15, 0.2) is 0 Å². The molecule has 0 spiro atoms. The molecule has 0 aliphatic heterocycles. The molecule has 0 radical (unpaired) electrons. The minimum Gasteiger partial charge on any atom is -0.315 e. The third-order valence-corrected chi connectivity index (χ3v) is 3.40. The third-order valence-electron chi connectivity index (χ3n) is 3.40. The van der Waals surface area contributed by atoms with Crippen LogP contribution in [0.4, 0.5) is 13.2 Å². The Hall–Kier alpha value is -1.26. The highest BCUT2D eigenvalue weighted by Crippen LogP contribution is 2.38. The minimum atomic E-state index is -4.42. The van der Waals surface area contributed by atoms with Crippen LogP contribution in [-0.2, 0) is 32.5 Å². The van der Waals surface area contributed by atoms with E-state index in [9.17, 15) is 18.0 Å². The van der Waals surface area contributed by atoms with Crippen molar-refractivity contribution in [3.63, 3.8) is 0 Å². The van der Waals surface area contributed by atoms with E-state index in [1.807, 2.05) is 0 Å². The number of aromatic nitrogens is 1. The molecular formula is C12H14F3NO. The van der Waals surface area contributed by atoms with Gasteiger partial charge >= 0.3 is 6.18 Å². The summed E-state index contributed by atoms with van der Waals surface area (Å²) >= 11 is 0. The molecule has 2 rings (SSSR count). The van der Waals surface area contributed by atoms with Crippen molar-refractivity contribution in [2.24, 2.45) is 7.05 Å². The van der Waals surface area contributed by atoms with Crippen LogP contribution < -0.4 is 5.56 Å². The molecule has 1 aromatic heterocycles. The lowest BCUT2D eigenvalue weighted by atomic mass is 9.99. The van der Waals surface area contributed by atoms with Gasteiger partial charge in [0.1, 0.15) is 0 Å². The normalized spacial score (nSPS) is 15.1. The summed E-state index contributed by atoms with van der Waals surface area (Å²) in [6.07, 6.45) is -2.62. The lowest BCUT2D eigenvalue weighted by molar-refractivity contribution is -0.139. The monoisotopic (exact) mass is 245 g/mol. The van der Waals surface area contributed by atoms with E-state index < -0.39 is 17.3 Å². The van der Waals surface area contributed by atoms with Crippen LogP contribution in [-0.4, -0.2) is 4.57 Å². The van der Waals surface area contributed by atoms with Crippen LogP contribution in [0.2, 0.25) is 0 Å². The van der Waals surface area contributed by atoms with E-state index >= 15 is 0 Å². The maximum atomic E-state index is 13.1. The van der Waals surface area contributed by atoms with Gasteiger partial charge in [-0.05, 0) is 31.2 Å². The molecule has 0 saturated heterocycles. The van der Waals surface area contributed by atoms with Gasteiger partial charge in [0.05, 0.1) is 5.56 Å². The molecule has 0 aromatic carbocycles. The van der Waals surface area contributed by atoms with Crippen molar-refractivity contribution in [2.45, 2.75) is 38.8 Å². The first-order valence-corrected chi connectivity index (χ1v) is 5.68. The van der Waals surface area contributed by atoms with Gasteiger partial charge in [-0.2, -0.15) is 13.2 Å². The topological polar surface area (TPSA) is 22.0 Å². The number of halogens is 3. The number of nitrogens with zero attached hydrogens (tertiary/aromatic N) is 1. The van der Waals surface area contributed by atoms with Crippen LogP contribution in [0, 0.1) is 0 Å². The minimum absolute atomic E-state index is 0.0966. The number of hydrogen-bond donors (Lipinski definition) is 0. The number of alkyl halides is 3. The Morgan fingerprint density at radius 2 is 1.94 bits per heavy atom. The van der Waals surface area contributed by atoms with E-state index in [4.69, 9.17) is 0 Å². The fraction of sp³-hybridized carbons (Fsp3) is 0.583. The molecule has 0 N–H and O–H groups in total. The smallest absolute Gasteiger partial charge is 0.315 e. The molecule has 17 heavy (non-hydrogen) atoms. The van der Waals surface area contributed by atoms with Crippen molar-refractivity contribution in [2.75, 3.05) is 0 Å². The van der Waals surface area contributed by atoms with Crippen LogP contribution in [0.3, 0.4) is 0 Å². The fourth-order valence-corrected chi connectivity index (χ4v) is 2.65. The van der Waals surface area contributed by atoms with Gasteiger partial charge in [0, 0.05) is 18.3 Å². The maximum absolute atomic E-state index is 13.1. The van der Waals surface area contributed by atoms with Crippen molar-refractivity contribution in [3.05, 3.63) is 32.7 Å². The highest BCUT2D eigenvalue weighted by atomic mass is 19.4. The van der Waals surface area contributed by atoms with Crippen molar-refractivity contribution < 1.29 is 13.2 Å². The largest absolute Gasteiger partial charge is 0.417 e. The zero-order valence-electron chi connectivity index (χ0n) is 9.82. The molecular weight excluding hydrogens is 231 g/mol. The Morgan fingerprint density at radius 1 is 1.29 bits per heavy atom. The first-order chi connectivity index (χ1) is 7.88. The molecule has 0 atom stereocenters. The summed E-state index contributed by atoms with van der Waals surface area (Å²) in [5, 5.41) is 0. The summed E-state index contributed by atoms with van der Waals surface area (Å²) in [6, 6.07) is 0. The quantitative estimate of drug-likeness (QED) is 0.745. The van der Waals surface area contributed by atoms with Gasteiger partial charge in [0.25, 0.3) is 5.56 Å². The first kappa shape index (κ1) is 12.2. The SMILES string of the molecule is CCc1c(C(F)(F)F)c2c(n(C)c1=O)CCC2. The highest BCUT2D eigenvalue weighted by Gasteiger charge is 2.39. The highest BCUT2D eigenvalue weighted by molar-refractivity contribution is 5.42. The predicted octanol–water partition coefficient (Wildman–Crippen LogP) is 2.46. The van der Waals surface area contributed by atoms with Crippen molar-refractivity contribution >= 4 is 0 Å². The van der Waals surface area contributed by atoms with Crippen molar-refractivity contribution in [3.8, 4) is 0 Å². The fourth-order valence-electron chi connectivity index (χ4n) is 2.65. The number of rotatable bonds is 1. The van der Waals surface area contributed by atoms with E-state index in [0.29, 0.717) is 30.5 Å². The van der Waals surface area contributed by atoms with Gasteiger partial charge in [-0.3, -0.25) is 4.79 Å². The van der Waals surface area contributed by atoms with E-state index in [-0.39, 0.29) is 12.0 Å². The number of fused-ring (bicyclic) bond motifs is 1. The molecule has 94 valence electrons. The molecule has 1 heterocycles. The molecule has 0 amide bonds. The second-order valence-corrected chi connectivity index (χ2v) is 4.35. The summed E-state index contributed by atoms with van der Waals surface area (Å²) in [6.45, 7) is 1.59. The molecule has 0 fully saturated rings. The molecule has 1 aliphatic rings. The molecule has 0 unspecified atom stereocenters. The predicted molar refractivity (Wildman–Crippen MR) is 58.1 cm³/mol. The Balaban J connectivity index is 2.86. The maximum Gasteiger partial charge on any atom is 0.417 e. The van der Waals surface area contributed by atoms with Crippen LogP contribution in [0.5, 0.6) is 0 Å². The standard InChI is InChI=1S/C12H14F3NO/c1-3-7-10(12(13,14)15)8-5-4-6-9(8)16(2)11(7)17/h3-6H2,1-2H3. The summed E-state index contributed by atoms with van der Waals surface area (Å²) in [5.41, 5.74) is -0.382. The summed E-state index contributed by atoms with van der Waals surface area (Å²) in [5.74, 6) is 0. The molecule has 1 aliphatic carbocycles. The van der Waals surface area contributed by atoms with Crippen LogP contribution in [0.25, 0.3) is 0 Å². The molecule has 2 nitrogen and oxygen atoms in total. The zero-order valence-corrected chi connectivity index (χ0v) is 9.82. The van der Waals surface area contributed by atoms with Gasteiger partial charge in [-0.15, -0.1) is 0 Å². The molecule has 0 saturated carbocycles. The molecule has 0 bridgehead atoms. The summed E-state index contributed by atoms with van der Waals surface area (Å²) in [4.78, 5) is 11.9. The lowest BCUT2D eigenvalue weighted by Gasteiger charge is -2.18. The first-order valence-electron chi connectivity index (χ1n) is 5.68. The zero-order chi connectivity index (χ0) is 12.8. The van der Waals surface area contributed by atoms with Crippen LogP contribution in [0.1, 0.15) is 35.7 Å². The molecule has 5 heteroatoms. The average molecular weight is 245 g/mol. The summed E-state index contributed by atoms with van der Waals surface area (Å²) < 4.78 is 40.5. The van der Waals surface area contributed by atoms with Crippen LogP contribution in [0.15, 0.2) is 4.79 Å². The Morgan fingerprint density at radius 3 is 2.47 bits per heavy atom. The van der Waals surface area contributed by atoms with E-state index in [1.165, 1.54) is 4.57 Å². The lowest BCUT2D eigenvalue weighted by Crippen LogP contribution is -2.29. The van der Waals surface area contributed by atoms with Crippen molar-refractivity contribution in [1.29, 1.82) is 0 Å². The Labute approximate surface area is 97.1 Å². The van der Waals surface area contributed by atoms with Gasteiger partial charge in [-0.1, -0.05) is 6.92 Å². The van der Waals surface area contributed by atoms with Gasteiger partial charge < -0.3 is 4.57 Å². The van der Waals surface area contributed by atoms with Crippen molar-refractivity contribution in [1.82, 2.24) is 4.57 Å². The van der Waals surface area contributed by atoms with Crippen LogP contribution >= 0.6 is 0 Å². The summed E-state index contributed by atoms with van der Waals surface area (Å²) in [7, 11) is 1.56. The Kier molecular flexibility index (Phi) is 2.79. The molecule has 1 aromatic rings. The van der Waals surface area contributed by atoms with E-state index in [2.05, 4.69) is 0 Å². The number of pyridine rings is 1. The third kappa shape index (κ3) is 1.77. The second kappa shape index (κ2) is 3.89.